The van der Waals surface area contributed by atoms with Gasteiger partial charge >= 0.3 is 0 Å². The summed E-state index contributed by atoms with van der Waals surface area (Å²) < 4.78 is 33.1. The molecule has 1 saturated carbocycles. The van der Waals surface area contributed by atoms with Crippen LogP contribution in [0, 0.1) is 12.8 Å². The number of likely N-dealkylation sites (N-methyl/N-ethyl adjacent to an activating group) is 1. The number of aromatic nitrogens is 4. The molecule has 9 nitrogen and oxygen atoms in total. The van der Waals surface area contributed by atoms with E-state index in [1.54, 1.807) is 22.9 Å². The van der Waals surface area contributed by atoms with Crippen molar-refractivity contribution in [1.29, 1.82) is 0 Å². The minimum absolute atomic E-state index is 0.0319. The van der Waals surface area contributed by atoms with Crippen LogP contribution in [0.15, 0.2) is 12.4 Å². The average molecular weight is 435 g/mol. The minimum atomic E-state index is -2.52. The monoisotopic (exact) mass is 435 g/mol. The molecule has 2 N–H and O–H groups in total. The third kappa shape index (κ3) is 4.32. The molecule has 0 bridgehead atoms. The summed E-state index contributed by atoms with van der Waals surface area (Å²) in [6.45, 7) is 4.58. The van der Waals surface area contributed by atoms with Crippen molar-refractivity contribution in [3.05, 3.63) is 23.7 Å². The zero-order valence-electron chi connectivity index (χ0n) is 18.0. The summed E-state index contributed by atoms with van der Waals surface area (Å²) in [4.78, 5) is 23.3. The van der Waals surface area contributed by atoms with Crippen LogP contribution >= 0.6 is 0 Å². The van der Waals surface area contributed by atoms with Crippen LogP contribution in [0.5, 0.6) is 0 Å². The van der Waals surface area contributed by atoms with Crippen LogP contribution in [0.2, 0.25) is 0 Å². The van der Waals surface area contributed by atoms with Gasteiger partial charge < -0.3 is 20.3 Å². The molecular formula is C20H27F2N7O2. The summed E-state index contributed by atoms with van der Waals surface area (Å²) in [6, 6.07) is -0.503. The summed E-state index contributed by atoms with van der Waals surface area (Å²) in [5.41, 5.74) is 2.14. The molecule has 0 radical (unpaired) electrons. The summed E-state index contributed by atoms with van der Waals surface area (Å²) in [5, 5.41) is 10.3. The third-order valence-electron chi connectivity index (χ3n) is 5.91. The first-order valence-electron chi connectivity index (χ1n) is 10.2. The van der Waals surface area contributed by atoms with Crippen LogP contribution in [0.4, 0.5) is 26.2 Å². The molecule has 1 amide bonds. The number of nitrogens with one attached hydrogen (secondary N) is 2. The third-order valence-corrected chi connectivity index (χ3v) is 5.91. The molecule has 1 aliphatic carbocycles. The molecule has 0 aromatic carbocycles. The normalized spacial score (nSPS) is 21.3. The van der Waals surface area contributed by atoms with Gasteiger partial charge in [-0.15, -0.1) is 0 Å². The fourth-order valence-corrected chi connectivity index (χ4v) is 4.16. The molecule has 1 fully saturated rings. The highest BCUT2D eigenvalue weighted by molar-refractivity contribution is 6.03. The number of carbonyl (C=O) groups is 1. The van der Waals surface area contributed by atoms with Crippen LogP contribution < -0.4 is 15.5 Å². The topological polar surface area (TPSA) is 97.2 Å². The maximum absolute atomic E-state index is 13.0. The molecule has 2 aromatic heterocycles. The Labute approximate surface area is 179 Å². The highest BCUT2D eigenvalue weighted by Gasteiger charge is 2.45. The maximum Gasteiger partial charge on any atom is 0.249 e. The highest BCUT2D eigenvalue weighted by atomic mass is 19.3. The van der Waals surface area contributed by atoms with Gasteiger partial charge in [-0.25, -0.2) is 13.8 Å². The first-order chi connectivity index (χ1) is 14.7. The number of amides is 1. The van der Waals surface area contributed by atoms with E-state index in [9.17, 15) is 13.6 Å². The van der Waals surface area contributed by atoms with E-state index in [0.717, 1.165) is 5.56 Å². The lowest BCUT2D eigenvalue weighted by molar-refractivity contribution is -0.120. The second-order valence-electron chi connectivity index (χ2n) is 8.37. The number of aryl methyl sites for hydroxylation is 1. The van der Waals surface area contributed by atoms with E-state index in [-0.39, 0.29) is 30.8 Å². The van der Waals surface area contributed by atoms with E-state index in [2.05, 4.69) is 25.7 Å². The zero-order valence-corrected chi connectivity index (χ0v) is 18.0. The number of nitrogens with zero attached hydrogens (tertiary/aromatic N) is 5. The molecule has 0 spiro atoms. The summed E-state index contributed by atoms with van der Waals surface area (Å²) in [7, 11) is 3.37. The number of hydrogen-bond donors (Lipinski definition) is 2. The fourth-order valence-electron chi connectivity index (χ4n) is 4.16. The predicted octanol–water partition coefficient (Wildman–Crippen LogP) is 2.43. The number of methoxy groups -OCH3 is 1. The van der Waals surface area contributed by atoms with Crippen molar-refractivity contribution in [2.45, 2.75) is 57.8 Å². The second kappa shape index (κ2) is 8.03. The average Bonchev–Trinajstić information content (AvgIpc) is 3.13. The van der Waals surface area contributed by atoms with Crippen LogP contribution in [0.1, 0.15) is 31.0 Å². The minimum Gasteiger partial charge on any atom is -0.379 e. The number of ether oxygens (including phenoxy) is 1. The van der Waals surface area contributed by atoms with Crippen LogP contribution in [-0.4, -0.2) is 57.9 Å². The SMILES string of the molecule is CO[C@H](C)[C@H]1C(=O)Nc2c(C)nc(NCc3cnn(CC4CC(F)(F)C4)c3)nc2N1C. The van der Waals surface area contributed by atoms with E-state index >= 15 is 0 Å². The second-order valence-corrected chi connectivity index (χ2v) is 8.37. The maximum atomic E-state index is 13.0. The van der Waals surface area contributed by atoms with Crippen molar-refractivity contribution in [3.63, 3.8) is 0 Å². The molecule has 4 rings (SSSR count). The molecule has 2 aromatic rings. The molecule has 168 valence electrons. The Hall–Kier alpha value is -2.82. The summed E-state index contributed by atoms with van der Waals surface area (Å²) in [5.74, 6) is -1.67. The lowest BCUT2D eigenvalue weighted by Crippen LogP contribution is -2.53. The molecule has 0 saturated heterocycles. The Kier molecular flexibility index (Phi) is 5.54. The Morgan fingerprint density at radius 3 is 2.81 bits per heavy atom. The van der Waals surface area contributed by atoms with E-state index < -0.39 is 12.0 Å². The molecule has 0 unspecified atom stereocenters. The van der Waals surface area contributed by atoms with Gasteiger partial charge in [0.1, 0.15) is 11.7 Å². The van der Waals surface area contributed by atoms with Crippen molar-refractivity contribution in [1.82, 2.24) is 19.7 Å². The van der Waals surface area contributed by atoms with Crippen molar-refractivity contribution in [3.8, 4) is 0 Å². The van der Waals surface area contributed by atoms with Gasteiger partial charge in [0.25, 0.3) is 0 Å². The number of anilines is 3. The number of hydrogen-bond acceptors (Lipinski definition) is 7. The Balaban J connectivity index is 1.43. The lowest BCUT2D eigenvalue weighted by Gasteiger charge is -2.37. The van der Waals surface area contributed by atoms with Crippen LogP contribution in [0.25, 0.3) is 0 Å². The lowest BCUT2D eigenvalue weighted by atomic mass is 9.81. The van der Waals surface area contributed by atoms with Crippen molar-refractivity contribution >= 4 is 23.4 Å². The number of fused-ring (bicyclic) bond motifs is 1. The van der Waals surface area contributed by atoms with Gasteiger partial charge in [0.05, 0.1) is 18.0 Å². The van der Waals surface area contributed by atoms with E-state index in [0.29, 0.717) is 36.2 Å². The number of halogens is 2. The molecule has 2 aliphatic rings. The number of carbonyl (C=O) groups excluding carboxylic acids is 1. The van der Waals surface area contributed by atoms with E-state index in [1.165, 1.54) is 0 Å². The van der Waals surface area contributed by atoms with Gasteiger partial charge in [-0.3, -0.25) is 9.48 Å². The molecule has 31 heavy (non-hydrogen) atoms. The number of alkyl halides is 2. The standard InChI is InChI=1S/C20H27F2N7O2/c1-11-15-17(28(3)16(12(2)31-4)18(30)26-15)27-19(25-11)23-7-14-8-24-29(10-14)9-13-5-20(21,22)6-13/h8,10,12-13,16H,5-7,9H2,1-4H3,(H,26,30)(H,23,25,27)/t12-,16+/m1/s1. The number of rotatable bonds is 7. The molecular weight excluding hydrogens is 408 g/mol. The van der Waals surface area contributed by atoms with Gasteiger partial charge in [-0.1, -0.05) is 0 Å². The fraction of sp³-hybridized carbons (Fsp3) is 0.600. The molecule has 2 atom stereocenters. The van der Waals surface area contributed by atoms with Crippen molar-refractivity contribution in [2.75, 3.05) is 29.7 Å². The Morgan fingerprint density at radius 2 is 2.13 bits per heavy atom. The quantitative estimate of drug-likeness (QED) is 0.689. The smallest absolute Gasteiger partial charge is 0.249 e. The van der Waals surface area contributed by atoms with E-state index in [1.807, 2.05) is 27.1 Å². The molecule has 11 heteroatoms. The summed E-state index contributed by atoms with van der Waals surface area (Å²) in [6.07, 6.45) is 3.09. The van der Waals surface area contributed by atoms with E-state index in [4.69, 9.17) is 4.74 Å². The van der Waals surface area contributed by atoms with Gasteiger partial charge in [-0.05, 0) is 19.8 Å². The van der Waals surface area contributed by atoms with Crippen molar-refractivity contribution < 1.29 is 18.3 Å². The largest absolute Gasteiger partial charge is 0.379 e. The first-order valence-corrected chi connectivity index (χ1v) is 10.2. The van der Waals surface area contributed by atoms with Gasteiger partial charge in [0, 0.05) is 51.8 Å². The van der Waals surface area contributed by atoms with Gasteiger partial charge in [0.2, 0.25) is 17.8 Å². The Morgan fingerprint density at radius 1 is 1.39 bits per heavy atom. The molecule has 1 aliphatic heterocycles. The van der Waals surface area contributed by atoms with Gasteiger partial charge in [-0.2, -0.15) is 10.1 Å². The highest BCUT2D eigenvalue weighted by Crippen LogP contribution is 2.43. The van der Waals surface area contributed by atoms with Gasteiger partial charge in [0.15, 0.2) is 5.82 Å². The molecule has 3 heterocycles. The summed E-state index contributed by atoms with van der Waals surface area (Å²) >= 11 is 0. The Bertz CT molecular complexity index is 972. The zero-order chi connectivity index (χ0) is 22.3. The first kappa shape index (κ1) is 21.4. The van der Waals surface area contributed by atoms with Crippen LogP contribution in [0.3, 0.4) is 0 Å². The predicted molar refractivity (Wildman–Crippen MR) is 111 cm³/mol. The van der Waals surface area contributed by atoms with Crippen molar-refractivity contribution in [2.24, 2.45) is 5.92 Å². The van der Waals surface area contributed by atoms with Crippen LogP contribution in [-0.2, 0) is 22.6 Å².